The molecular formula is C23H22N4O. The first kappa shape index (κ1) is 18.0. The van der Waals surface area contributed by atoms with E-state index in [2.05, 4.69) is 29.1 Å². The molecule has 28 heavy (non-hydrogen) atoms. The Morgan fingerprint density at radius 3 is 2.68 bits per heavy atom. The molecule has 2 aromatic heterocycles. The molecule has 5 nitrogen and oxygen atoms in total. The molecule has 0 saturated heterocycles. The van der Waals surface area contributed by atoms with E-state index < -0.39 is 0 Å². The van der Waals surface area contributed by atoms with Gasteiger partial charge in [0.1, 0.15) is 5.82 Å². The maximum absolute atomic E-state index is 13.5. The molecule has 0 fully saturated rings. The van der Waals surface area contributed by atoms with E-state index in [0.29, 0.717) is 22.9 Å². The molecule has 0 radical (unpaired) electrons. The number of allylic oxidation sites excluding steroid dienone is 4. The van der Waals surface area contributed by atoms with Crippen LogP contribution in [0.15, 0.2) is 47.4 Å². The number of fused-ring (bicyclic) bond motifs is 1. The lowest BCUT2D eigenvalue weighted by Crippen LogP contribution is -2.25. The van der Waals surface area contributed by atoms with Gasteiger partial charge in [-0.15, -0.1) is 0 Å². The minimum atomic E-state index is -0.0625. The fourth-order valence-electron chi connectivity index (χ4n) is 3.41. The molecule has 0 spiro atoms. The molecule has 0 unspecified atom stereocenters. The lowest BCUT2D eigenvalue weighted by Gasteiger charge is -2.15. The summed E-state index contributed by atoms with van der Waals surface area (Å²) < 4.78 is 3.52. The van der Waals surface area contributed by atoms with E-state index in [1.165, 1.54) is 0 Å². The number of aryl methyl sites for hydroxylation is 2. The SMILES string of the molecule is CCc1nc2cccc(C#Cc3cnn(C)c3C)c2c(=O)n1C1=CCCC=C1. The molecule has 0 aliphatic heterocycles. The zero-order valence-corrected chi connectivity index (χ0v) is 16.4. The van der Waals surface area contributed by atoms with E-state index in [1.54, 1.807) is 15.4 Å². The zero-order valence-electron chi connectivity index (χ0n) is 16.4. The first-order valence-corrected chi connectivity index (χ1v) is 9.52. The van der Waals surface area contributed by atoms with Gasteiger partial charge in [-0.1, -0.05) is 37.0 Å². The Kier molecular flexibility index (Phi) is 4.70. The van der Waals surface area contributed by atoms with Crippen LogP contribution >= 0.6 is 0 Å². The quantitative estimate of drug-likeness (QED) is 0.648. The van der Waals surface area contributed by atoms with Crippen LogP contribution in [0.2, 0.25) is 0 Å². The van der Waals surface area contributed by atoms with Crippen molar-refractivity contribution < 1.29 is 0 Å². The Bertz CT molecular complexity index is 1250. The molecular weight excluding hydrogens is 348 g/mol. The van der Waals surface area contributed by atoms with Gasteiger partial charge >= 0.3 is 0 Å². The second-order valence-corrected chi connectivity index (χ2v) is 6.85. The molecule has 140 valence electrons. The number of hydrogen-bond acceptors (Lipinski definition) is 3. The van der Waals surface area contributed by atoms with Gasteiger partial charge in [0.25, 0.3) is 5.56 Å². The highest BCUT2D eigenvalue weighted by Gasteiger charge is 2.15. The van der Waals surface area contributed by atoms with Gasteiger partial charge in [-0.05, 0) is 38.0 Å². The van der Waals surface area contributed by atoms with E-state index in [1.807, 2.05) is 45.2 Å². The number of hydrogen-bond donors (Lipinski definition) is 0. The summed E-state index contributed by atoms with van der Waals surface area (Å²) in [5.74, 6) is 7.10. The Balaban J connectivity index is 1.95. The number of benzene rings is 1. The van der Waals surface area contributed by atoms with Crippen LogP contribution in [0.1, 0.15) is 42.4 Å². The normalized spacial score (nSPS) is 13.3. The molecule has 2 heterocycles. The lowest BCUT2D eigenvalue weighted by atomic mass is 10.1. The van der Waals surface area contributed by atoms with Gasteiger partial charge in [0, 0.05) is 24.7 Å². The predicted molar refractivity (Wildman–Crippen MR) is 112 cm³/mol. The third-order valence-electron chi connectivity index (χ3n) is 5.08. The van der Waals surface area contributed by atoms with E-state index in [4.69, 9.17) is 4.98 Å². The van der Waals surface area contributed by atoms with E-state index in [-0.39, 0.29) is 5.56 Å². The van der Waals surface area contributed by atoms with E-state index >= 15 is 0 Å². The molecule has 3 aromatic rings. The number of aromatic nitrogens is 4. The number of rotatable bonds is 2. The van der Waals surface area contributed by atoms with Crippen molar-refractivity contribution >= 4 is 16.6 Å². The monoisotopic (exact) mass is 370 g/mol. The molecule has 0 saturated carbocycles. The first-order valence-electron chi connectivity index (χ1n) is 9.52. The Morgan fingerprint density at radius 1 is 1.18 bits per heavy atom. The zero-order chi connectivity index (χ0) is 19.7. The first-order chi connectivity index (χ1) is 13.6. The molecule has 0 amide bonds. The van der Waals surface area contributed by atoms with E-state index in [9.17, 15) is 4.79 Å². The van der Waals surface area contributed by atoms with Crippen molar-refractivity contribution in [1.29, 1.82) is 0 Å². The van der Waals surface area contributed by atoms with Gasteiger partial charge in [-0.3, -0.25) is 14.0 Å². The summed E-state index contributed by atoms with van der Waals surface area (Å²) in [4.78, 5) is 18.2. The van der Waals surface area contributed by atoms with Gasteiger partial charge in [-0.2, -0.15) is 5.10 Å². The molecule has 1 aromatic carbocycles. The highest BCUT2D eigenvalue weighted by molar-refractivity contribution is 5.85. The van der Waals surface area contributed by atoms with Gasteiger partial charge in [0.2, 0.25) is 0 Å². The molecule has 1 aliphatic rings. The molecule has 0 bridgehead atoms. The standard InChI is InChI=1S/C23H22N4O/c1-4-21-25-20-12-8-9-17(13-14-18-15-24-26(3)16(18)2)22(20)23(28)27(21)19-10-6-5-7-11-19/h6,8-12,15H,4-5,7H2,1-3H3. The predicted octanol–water partition coefficient (Wildman–Crippen LogP) is 3.59. The van der Waals surface area contributed by atoms with Crippen molar-refractivity contribution in [2.24, 2.45) is 7.05 Å². The van der Waals surface area contributed by atoms with Crippen LogP contribution in [-0.4, -0.2) is 19.3 Å². The molecule has 0 N–H and O–H groups in total. The largest absolute Gasteiger partial charge is 0.272 e. The molecule has 5 heteroatoms. The van der Waals surface area contributed by atoms with Crippen LogP contribution in [0, 0.1) is 18.8 Å². The van der Waals surface area contributed by atoms with E-state index in [0.717, 1.165) is 35.6 Å². The minimum Gasteiger partial charge on any atom is -0.272 e. The summed E-state index contributed by atoms with van der Waals surface area (Å²) in [5, 5.41) is 4.79. The third kappa shape index (κ3) is 3.07. The molecule has 0 atom stereocenters. The van der Waals surface area contributed by atoms with Gasteiger partial charge < -0.3 is 0 Å². The van der Waals surface area contributed by atoms with Gasteiger partial charge in [-0.25, -0.2) is 4.98 Å². The fraction of sp³-hybridized carbons (Fsp3) is 0.261. The van der Waals surface area contributed by atoms with Crippen molar-refractivity contribution in [3.8, 4) is 11.8 Å². The van der Waals surface area contributed by atoms with Gasteiger partial charge in [0.15, 0.2) is 0 Å². The van der Waals surface area contributed by atoms with Crippen LogP contribution in [0.3, 0.4) is 0 Å². The Morgan fingerprint density at radius 2 is 2.00 bits per heavy atom. The smallest absolute Gasteiger partial charge is 0.267 e. The average molecular weight is 370 g/mol. The second-order valence-electron chi connectivity index (χ2n) is 6.85. The lowest BCUT2D eigenvalue weighted by molar-refractivity contribution is 0.740. The highest BCUT2D eigenvalue weighted by Crippen LogP contribution is 2.19. The fourth-order valence-corrected chi connectivity index (χ4v) is 3.41. The van der Waals surface area contributed by atoms with Crippen molar-refractivity contribution in [3.63, 3.8) is 0 Å². The summed E-state index contributed by atoms with van der Waals surface area (Å²) in [7, 11) is 1.89. The van der Waals surface area contributed by atoms with Crippen molar-refractivity contribution in [2.45, 2.75) is 33.1 Å². The maximum atomic E-state index is 13.5. The third-order valence-corrected chi connectivity index (χ3v) is 5.08. The van der Waals surface area contributed by atoms with Crippen molar-refractivity contribution in [2.75, 3.05) is 0 Å². The van der Waals surface area contributed by atoms with Crippen LogP contribution in [-0.2, 0) is 13.5 Å². The summed E-state index contributed by atoms with van der Waals surface area (Å²) >= 11 is 0. The second kappa shape index (κ2) is 7.32. The Labute approximate surface area is 164 Å². The summed E-state index contributed by atoms with van der Waals surface area (Å²) in [6, 6.07) is 5.66. The molecule has 1 aliphatic carbocycles. The summed E-state index contributed by atoms with van der Waals surface area (Å²) in [6.45, 7) is 4.00. The average Bonchev–Trinajstić information content (AvgIpc) is 3.04. The highest BCUT2D eigenvalue weighted by atomic mass is 16.1. The van der Waals surface area contributed by atoms with Crippen molar-refractivity contribution in [3.05, 3.63) is 75.6 Å². The topological polar surface area (TPSA) is 52.7 Å². The minimum absolute atomic E-state index is 0.0625. The van der Waals surface area contributed by atoms with Crippen LogP contribution < -0.4 is 5.56 Å². The van der Waals surface area contributed by atoms with Gasteiger partial charge in [0.05, 0.1) is 28.4 Å². The van der Waals surface area contributed by atoms with Crippen LogP contribution in [0.4, 0.5) is 0 Å². The number of nitrogens with zero attached hydrogens (tertiary/aromatic N) is 4. The van der Waals surface area contributed by atoms with Crippen LogP contribution in [0.5, 0.6) is 0 Å². The van der Waals surface area contributed by atoms with Crippen molar-refractivity contribution in [1.82, 2.24) is 19.3 Å². The molecule has 4 rings (SSSR count). The van der Waals surface area contributed by atoms with Crippen LogP contribution in [0.25, 0.3) is 16.6 Å². The summed E-state index contributed by atoms with van der Waals surface area (Å²) in [6.07, 6.45) is 10.6. The maximum Gasteiger partial charge on any atom is 0.267 e. The Hall–Kier alpha value is -3.39. The summed E-state index contributed by atoms with van der Waals surface area (Å²) in [5.41, 5.74) is 4.06.